The van der Waals surface area contributed by atoms with E-state index in [0.29, 0.717) is 12.4 Å². The van der Waals surface area contributed by atoms with Crippen LogP contribution in [0.1, 0.15) is 38.1 Å². The number of nitrogens with zero attached hydrogens (tertiary/aromatic N) is 2. The van der Waals surface area contributed by atoms with Crippen molar-refractivity contribution in [2.75, 3.05) is 18.9 Å². The van der Waals surface area contributed by atoms with Crippen molar-refractivity contribution in [1.82, 2.24) is 10.3 Å². The molecule has 1 atom stereocenters. The molecule has 0 saturated heterocycles. The Morgan fingerprint density at radius 3 is 2.57 bits per heavy atom. The first-order valence-electron chi connectivity index (χ1n) is 6.77. The number of carbonyl (C=O) groups is 1. The summed E-state index contributed by atoms with van der Waals surface area (Å²) < 4.78 is 0. The van der Waals surface area contributed by atoms with Crippen LogP contribution in [0.3, 0.4) is 0 Å². The van der Waals surface area contributed by atoms with Crippen molar-refractivity contribution in [2.45, 2.75) is 27.7 Å². The second-order valence-electron chi connectivity index (χ2n) is 6.07. The summed E-state index contributed by atoms with van der Waals surface area (Å²) in [6, 6.07) is 1.23. The third-order valence-corrected chi connectivity index (χ3v) is 3.61. The zero-order valence-electron chi connectivity index (χ0n) is 13.1. The highest BCUT2D eigenvalue weighted by Gasteiger charge is 2.22. The number of amides is 1. The number of nitrogens with one attached hydrogen (secondary N) is 2. The molecule has 116 valence electrons. The van der Waals surface area contributed by atoms with E-state index in [4.69, 9.17) is 0 Å². The molecule has 0 aliphatic carbocycles. The van der Waals surface area contributed by atoms with Gasteiger partial charge in [-0.2, -0.15) is 0 Å². The lowest BCUT2D eigenvalue weighted by molar-refractivity contribution is -0.385. The average Bonchev–Trinajstić information content (AvgIpc) is 2.42. The minimum atomic E-state index is -0.568. The Bertz CT molecular complexity index is 538. The number of nitro groups is 1. The summed E-state index contributed by atoms with van der Waals surface area (Å²) in [6.07, 6.45) is 1.13. The van der Waals surface area contributed by atoms with Gasteiger partial charge in [-0.05, 0) is 11.3 Å². The number of pyridine rings is 1. The van der Waals surface area contributed by atoms with Crippen LogP contribution in [0.5, 0.6) is 0 Å². The fraction of sp³-hybridized carbons (Fsp3) is 0.571. The van der Waals surface area contributed by atoms with Crippen molar-refractivity contribution in [3.8, 4) is 0 Å². The molecule has 1 amide bonds. The summed E-state index contributed by atoms with van der Waals surface area (Å²) in [7, 11) is 1.61. The van der Waals surface area contributed by atoms with E-state index in [1.807, 2.05) is 6.92 Å². The van der Waals surface area contributed by atoms with Gasteiger partial charge in [0.15, 0.2) is 0 Å². The molecule has 0 fully saturated rings. The quantitative estimate of drug-likeness (QED) is 0.642. The summed E-state index contributed by atoms with van der Waals surface area (Å²) in [5.74, 6) is 0.222. The molecule has 1 unspecified atom stereocenters. The Hall–Kier alpha value is -2.18. The van der Waals surface area contributed by atoms with Crippen LogP contribution in [0.25, 0.3) is 0 Å². The van der Waals surface area contributed by atoms with Crippen molar-refractivity contribution in [1.29, 1.82) is 0 Å². The molecule has 1 heterocycles. The minimum absolute atomic E-state index is 0.0695. The lowest BCUT2D eigenvalue weighted by atomic mass is 9.82. The second kappa shape index (κ2) is 6.51. The summed E-state index contributed by atoms with van der Waals surface area (Å²) in [5, 5.41) is 16.4. The lowest BCUT2D eigenvalue weighted by Gasteiger charge is -2.27. The molecule has 0 spiro atoms. The Morgan fingerprint density at radius 1 is 1.48 bits per heavy atom. The summed E-state index contributed by atoms with van der Waals surface area (Å²) in [5.41, 5.74) is 0.0379. The van der Waals surface area contributed by atoms with E-state index >= 15 is 0 Å². The van der Waals surface area contributed by atoms with E-state index < -0.39 is 4.92 Å². The van der Waals surface area contributed by atoms with Crippen LogP contribution in [-0.4, -0.2) is 29.4 Å². The number of rotatable bonds is 5. The fourth-order valence-corrected chi connectivity index (χ4v) is 1.57. The molecule has 0 aliphatic heterocycles. The third kappa shape index (κ3) is 4.40. The second-order valence-corrected chi connectivity index (χ2v) is 6.07. The highest BCUT2D eigenvalue weighted by Crippen LogP contribution is 2.25. The number of hydrogen-bond donors (Lipinski definition) is 2. The molecular formula is C14H22N4O3. The molecule has 0 bridgehead atoms. The van der Waals surface area contributed by atoms with Crippen LogP contribution in [-0.2, 0) is 0 Å². The molecule has 0 saturated carbocycles. The van der Waals surface area contributed by atoms with Crippen molar-refractivity contribution < 1.29 is 9.72 Å². The predicted molar refractivity (Wildman–Crippen MR) is 81.4 cm³/mol. The van der Waals surface area contributed by atoms with Gasteiger partial charge in [0, 0.05) is 19.7 Å². The Morgan fingerprint density at radius 2 is 2.10 bits per heavy atom. The number of hydrogen-bond acceptors (Lipinski definition) is 5. The van der Waals surface area contributed by atoms with Crippen molar-refractivity contribution in [3.05, 3.63) is 27.9 Å². The topological polar surface area (TPSA) is 97.2 Å². The monoisotopic (exact) mass is 294 g/mol. The van der Waals surface area contributed by atoms with Gasteiger partial charge in [0.25, 0.3) is 11.6 Å². The maximum absolute atomic E-state index is 12.2. The molecule has 7 heteroatoms. The first kappa shape index (κ1) is 16.9. The van der Waals surface area contributed by atoms with Crippen LogP contribution in [0, 0.1) is 21.4 Å². The molecule has 1 aromatic heterocycles. The normalized spacial score (nSPS) is 12.6. The molecule has 7 nitrogen and oxygen atoms in total. The van der Waals surface area contributed by atoms with Gasteiger partial charge >= 0.3 is 0 Å². The van der Waals surface area contributed by atoms with E-state index in [1.54, 1.807) is 7.05 Å². The van der Waals surface area contributed by atoms with Gasteiger partial charge in [0.05, 0.1) is 10.5 Å². The Labute approximate surface area is 124 Å². The maximum atomic E-state index is 12.2. The van der Waals surface area contributed by atoms with E-state index in [0.717, 1.165) is 6.20 Å². The van der Waals surface area contributed by atoms with Gasteiger partial charge < -0.3 is 10.6 Å². The minimum Gasteiger partial charge on any atom is -0.372 e. The van der Waals surface area contributed by atoms with Crippen LogP contribution in [0.4, 0.5) is 11.5 Å². The maximum Gasteiger partial charge on any atom is 0.288 e. The standard InChI is InChI=1S/C14H22N4O3/c1-9(14(2,3)4)7-17-13(19)11-6-10(18(20)21)8-16-12(11)15-5/h6,8-9H,7H2,1-5H3,(H,15,16)(H,17,19). The van der Waals surface area contributed by atoms with Gasteiger partial charge in [-0.1, -0.05) is 27.7 Å². The molecule has 21 heavy (non-hydrogen) atoms. The van der Waals surface area contributed by atoms with E-state index in [1.165, 1.54) is 6.07 Å². The first-order valence-corrected chi connectivity index (χ1v) is 6.77. The number of anilines is 1. The predicted octanol–water partition coefficient (Wildman–Crippen LogP) is 2.44. The molecule has 1 aromatic rings. The van der Waals surface area contributed by atoms with Crippen LogP contribution >= 0.6 is 0 Å². The van der Waals surface area contributed by atoms with Crippen LogP contribution in [0.15, 0.2) is 12.3 Å². The van der Waals surface area contributed by atoms with E-state index in [-0.39, 0.29) is 28.5 Å². The average molecular weight is 294 g/mol. The smallest absolute Gasteiger partial charge is 0.288 e. The van der Waals surface area contributed by atoms with Crippen molar-refractivity contribution in [3.63, 3.8) is 0 Å². The number of aromatic nitrogens is 1. The zero-order valence-corrected chi connectivity index (χ0v) is 13.1. The molecule has 1 rings (SSSR count). The zero-order chi connectivity index (χ0) is 16.2. The fourth-order valence-electron chi connectivity index (χ4n) is 1.57. The summed E-state index contributed by atoms with van der Waals surface area (Å²) in [4.78, 5) is 26.3. The summed E-state index contributed by atoms with van der Waals surface area (Å²) >= 11 is 0. The molecule has 2 N–H and O–H groups in total. The van der Waals surface area contributed by atoms with Gasteiger partial charge in [0.1, 0.15) is 12.0 Å². The largest absolute Gasteiger partial charge is 0.372 e. The van der Waals surface area contributed by atoms with Crippen molar-refractivity contribution in [2.24, 2.45) is 11.3 Å². The van der Waals surface area contributed by atoms with Gasteiger partial charge in [-0.3, -0.25) is 14.9 Å². The van der Waals surface area contributed by atoms with Gasteiger partial charge in [-0.15, -0.1) is 0 Å². The van der Waals surface area contributed by atoms with Gasteiger partial charge in [0.2, 0.25) is 0 Å². The first-order chi connectivity index (χ1) is 9.66. The van der Waals surface area contributed by atoms with E-state index in [2.05, 4.69) is 36.4 Å². The van der Waals surface area contributed by atoms with Crippen LogP contribution < -0.4 is 10.6 Å². The molecule has 0 aliphatic rings. The van der Waals surface area contributed by atoms with Crippen molar-refractivity contribution >= 4 is 17.4 Å². The van der Waals surface area contributed by atoms with Crippen LogP contribution in [0.2, 0.25) is 0 Å². The highest BCUT2D eigenvalue weighted by molar-refractivity contribution is 5.99. The number of carbonyl (C=O) groups excluding carboxylic acids is 1. The molecule has 0 radical (unpaired) electrons. The highest BCUT2D eigenvalue weighted by atomic mass is 16.6. The van der Waals surface area contributed by atoms with Gasteiger partial charge in [-0.25, -0.2) is 4.98 Å². The molecular weight excluding hydrogens is 272 g/mol. The molecule has 0 aromatic carbocycles. The lowest BCUT2D eigenvalue weighted by Crippen LogP contribution is -2.34. The SMILES string of the molecule is CNc1ncc([N+](=O)[O-])cc1C(=O)NCC(C)C(C)(C)C. The Kier molecular flexibility index (Phi) is 5.23. The Balaban J connectivity index is 2.91. The summed E-state index contributed by atoms with van der Waals surface area (Å²) in [6.45, 7) is 8.83. The third-order valence-electron chi connectivity index (χ3n) is 3.61. The van der Waals surface area contributed by atoms with E-state index in [9.17, 15) is 14.9 Å².